The highest BCUT2D eigenvalue weighted by molar-refractivity contribution is 5.64. The van der Waals surface area contributed by atoms with Gasteiger partial charge >= 0.3 is 0 Å². The summed E-state index contributed by atoms with van der Waals surface area (Å²) < 4.78 is 0. The van der Waals surface area contributed by atoms with E-state index in [1.54, 1.807) is 39.4 Å². The van der Waals surface area contributed by atoms with Crippen molar-refractivity contribution in [3.8, 4) is 0 Å². The minimum absolute atomic E-state index is 0.0766. The molecule has 0 amide bonds. The van der Waals surface area contributed by atoms with E-state index in [2.05, 4.69) is 151 Å². The second kappa shape index (κ2) is 13.5. The summed E-state index contributed by atoms with van der Waals surface area (Å²) in [4.78, 5) is 5.62. The second-order valence-corrected chi connectivity index (χ2v) is 17.4. The fraction of sp³-hybridized carbons (Fsp3) is 0.412. The van der Waals surface area contributed by atoms with Crippen molar-refractivity contribution >= 4 is 0 Å². The van der Waals surface area contributed by atoms with Crippen LogP contribution in [0.4, 0.5) is 0 Å². The molecule has 53 heavy (non-hydrogen) atoms. The molecular weight excluding hydrogens is 641 g/mol. The first-order valence-electron chi connectivity index (χ1n) is 21.0. The van der Waals surface area contributed by atoms with Gasteiger partial charge in [0.1, 0.15) is 0 Å². The van der Waals surface area contributed by atoms with Gasteiger partial charge in [0.05, 0.1) is 12.1 Å². The molecule has 8 atom stereocenters. The number of hydrogen-bond donors (Lipinski definition) is 0. The van der Waals surface area contributed by atoms with Crippen LogP contribution >= 0.6 is 0 Å². The third-order valence-corrected chi connectivity index (χ3v) is 14.3. The van der Waals surface area contributed by atoms with Crippen LogP contribution in [0.5, 0.6) is 0 Å². The number of allylic oxidation sites excluding steroid dienone is 20. The molecular formula is C51H56N2. The van der Waals surface area contributed by atoms with Crippen LogP contribution in [0.2, 0.25) is 0 Å². The molecule has 0 bridgehead atoms. The zero-order chi connectivity index (χ0) is 35.5. The van der Waals surface area contributed by atoms with E-state index >= 15 is 0 Å². The highest BCUT2D eigenvalue weighted by Crippen LogP contribution is 2.69. The SMILES string of the molecule is CC1=CC(N(C2=CC=CCC2)C2=CC3C(CC2)C2=C(C=C(N(C4=CCCC(C)C4)C4C=CC=CC4)CC2)C32c3ccccc3C3C=CC=CC32)CC=C1. The van der Waals surface area contributed by atoms with Crippen molar-refractivity contribution in [1.82, 2.24) is 9.80 Å². The zero-order valence-corrected chi connectivity index (χ0v) is 31.8. The highest BCUT2D eigenvalue weighted by atomic mass is 15.2. The van der Waals surface area contributed by atoms with Crippen molar-refractivity contribution in [3.63, 3.8) is 0 Å². The van der Waals surface area contributed by atoms with Crippen LogP contribution in [0, 0.1) is 23.7 Å². The number of rotatable bonds is 6. The molecule has 9 aliphatic rings. The van der Waals surface area contributed by atoms with Crippen LogP contribution < -0.4 is 0 Å². The predicted octanol–water partition coefficient (Wildman–Crippen LogP) is 12.4. The molecule has 1 spiro atoms. The summed E-state index contributed by atoms with van der Waals surface area (Å²) in [6.45, 7) is 4.74. The Hall–Kier alpha value is -4.30. The minimum Gasteiger partial charge on any atom is -0.342 e. The van der Waals surface area contributed by atoms with Crippen LogP contribution in [0.15, 0.2) is 167 Å². The molecule has 8 unspecified atom stereocenters. The lowest BCUT2D eigenvalue weighted by Gasteiger charge is -2.46. The Morgan fingerprint density at radius 1 is 0.698 bits per heavy atom. The largest absolute Gasteiger partial charge is 0.342 e. The zero-order valence-electron chi connectivity index (χ0n) is 31.8. The normalized spacial score (nSPS) is 34.8. The quantitative estimate of drug-likeness (QED) is 0.292. The maximum Gasteiger partial charge on any atom is 0.0555 e. The van der Waals surface area contributed by atoms with E-state index in [4.69, 9.17) is 0 Å². The molecule has 270 valence electrons. The maximum absolute atomic E-state index is 2.85. The molecule has 0 radical (unpaired) electrons. The smallest absolute Gasteiger partial charge is 0.0555 e. The van der Waals surface area contributed by atoms with Crippen molar-refractivity contribution in [2.24, 2.45) is 23.7 Å². The van der Waals surface area contributed by atoms with Crippen molar-refractivity contribution < 1.29 is 0 Å². The number of benzene rings is 1. The van der Waals surface area contributed by atoms with Gasteiger partial charge in [-0.3, -0.25) is 0 Å². The van der Waals surface area contributed by atoms with E-state index in [9.17, 15) is 0 Å². The molecule has 0 saturated heterocycles. The number of fused-ring (bicyclic) bond motifs is 9. The summed E-state index contributed by atoms with van der Waals surface area (Å²) in [5.74, 6) is 2.60. The molecule has 9 aliphatic carbocycles. The monoisotopic (exact) mass is 696 g/mol. The molecule has 10 rings (SSSR count). The van der Waals surface area contributed by atoms with E-state index in [1.165, 1.54) is 43.4 Å². The molecule has 0 fully saturated rings. The first-order valence-corrected chi connectivity index (χ1v) is 21.0. The number of nitrogens with zero attached hydrogens (tertiary/aromatic N) is 2. The topological polar surface area (TPSA) is 6.48 Å². The maximum atomic E-state index is 2.85. The summed E-state index contributed by atoms with van der Waals surface area (Å²) in [7, 11) is 0. The Bertz CT molecular complexity index is 2050. The summed E-state index contributed by atoms with van der Waals surface area (Å²) >= 11 is 0. The van der Waals surface area contributed by atoms with Crippen molar-refractivity contribution in [2.75, 3.05) is 0 Å². The van der Waals surface area contributed by atoms with E-state index in [0.717, 1.165) is 44.4 Å². The Kier molecular flexibility index (Phi) is 8.49. The predicted molar refractivity (Wildman–Crippen MR) is 220 cm³/mol. The molecule has 1 aromatic carbocycles. The molecule has 2 heteroatoms. The minimum atomic E-state index is -0.0766. The lowest BCUT2D eigenvalue weighted by Crippen LogP contribution is -2.43. The van der Waals surface area contributed by atoms with Gasteiger partial charge in [0.2, 0.25) is 0 Å². The lowest BCUT2D eigenvalue weighted by atomic mass is 9.59. The van der Waals surface area contributed by atoms with E-state index in [0.29, 0.717) is 35.8 Å². The van der Waals surface area contributed by atoms with Crippen LogP contribution in [0.3, 0.4) is 0 Å². The van der Waals surface area contributed by atoms with Gasteiger partial charge in [0.25, 0.3) is 0 Å². The summed E-state index contributed by atoms with van der Waals surface area (Å²) in [5.41, 5.74) is 14.1. The third-order valence-electron chi connectivity index (χ3n) is 14.3. The average Bonchev–Trinajstić information content (AvgIpc) is 3.66. The standard InChI is InChI=1S/C51H56N2/c1-35-15-13-21-39(31-35)52(37-17-5-3-6-18-37)41-27-29-45-46-30-28-42(53(38-19-7-4-8-20-38)40-22-14-16-36(2)32-40)34-50(46)51(49(45)33-41)47-25-11-9-23-43(47)44-24-10-12-26-48(44)51/h3-7,9-12,14,16-17,19,21,23-26,32-35,37,40,43,46-47,50H,8,13,15,18,20,22,27-31H2,1-2H3. The Morgan fingerprint density at radius 2 is 1.57 bits per heavy atom. The second-order valence-electron chi connectivity index (χ2n) is 17.4. The van der Waals surface area contributed by atoms with Crippen molar-refractivity contribution in [2.45, 2.75) is 108 Å². The van der Waals surface area contributed by atoms with Gasteiger partial charge in [-0.1, -0.05) is 133 Å². The summed E-state index contributed by atoms with van der Waals surface area (Å²) in [5, 5.41) is 0. The molecule has 0 aliphatic heterocycles. The molecule has 0 saturated carbocycles. The molecule has 1 aromatic rings. The fourth-order valence-electron chi connectivity index (χ4n) is 12.3. The first kappa shape index (κ1) is 33.3. The van der Waals surface area contributed by atoms with Gasteiger partial charge < -0.3 is 9.80 Å². The lowest BCUT2D eigenvalue weighted by molar-refractivity contribution is 0.235. The molecule has 2 nitrogen and oxygen atoms in total. The van der Waals surface area contributed by atoms with Crippen molar-refractivity contribution in [1.29, 1.82) is 0 Å². The van der Waals surface area contributed by atoms with Gasteiger partial charge in [0, 0.05) is 40.0 Å². The highest BCUT2D eigenvalue weighted by Gasteiger charge is 2.63. The molecule has 0 heterocycles. The van der Waals surface area contributed by atoms with Gasteiger partial charge in [0.15, 0.2) is 0 Å². The number of hydrogen-bond acceptors (Lipinski definition) is 2. The van der Waals surface area contributed by atoms with Gasteiger partial charge in [-0.2, -0.15) is 0 Å². The van der Waals surface area contributed by atoms with E-state index in [-0.39, 0.29) is 5.41 Å². The van der Waals surface area contributed by atoms with Gasteiger partial charge in [-0.15, -0.1) is 0 Å². The first-order chi connectivity index (χ1) is 26.1. The van der Waals surface area contributed by atoms with Crippen LogP contribution in [-0.4, -0.2) is 21.9 Å². The Balaban J connectivity index is 1.15. The summed E-state index contributed by atoms with van der Waals surface area (Å²) in [6, 6.07) is 10.4. The van der Waals surface area contributed by atoms with Gasteiger partial charge in [-0.05, 0) is 124 Å². The average molecular weight is 697 g/mol. The summed E-state index contributed by atoms with van der Waals surface area (Å²) in [6.07, 6.45) is 54.6. The van der Waals surface area contributed by atoms with E-state index < -0.39 is 0 Å². The molecule has 0 aromatic heterocycles. The van der Waals surface area contributed by atoms with Crippen LogP contribution in [-0.2, 0) is 5.41 Å². The van der Waals surface area contributed by atoms with Crippen molar-refractivity contribution in [3.05, 3.63) is 178 Å². The molecule has 0 N–H and O–H groups in total. The van der Waals surface area contributed by atoms with Crippen LogP contribution in [0.1, 0.15) is 102 Å². The van der Waals surface area contributed by atoms with Gasteiger partial charge in [-0.25, -0.2) is 0 Å². The fourth-order valence-corrected chi connectivity index (χ4v) is 12.3. The Labute approximate surface area is 318 Å². The van der Waals surface area contributed by atoms with Crippen LogP contribution in [0.25, 0.3) is 0 Å². The third kappa shape index (κ3) is 5.41. The van der Waals surface area contributed by atoms with E-state index in [1.807, 2.05) is 0 Å². The Morgan fingerprint density at radius 3 is 2.42 bits per heavy atom.